The Labute approximate surface area is 383 Å². The molecule has 0 aliphatic rings. The van der Waals surface area contributed by atoms with E-state index >= 15 is 0 Å². The van der Waals surface area contributed by atoms with Gasteiger partial charge in [-0.05, 0) is 56.6 Å². The summed E-state index contributed by atoms with van der Waals surface area (Å²) in [6.07, 6.45) is -2.06. The molecule has 0 unspecified atom stereocenters. The number of nitrogens with one attached hydrogen (secondary N) is 5. The summed E-state index contributed by atoms with van der Waals surface area (Å²) in [5, 5.41) is 42.7. The molecule has 7 N–H and O–H groups in total. The average Bonchev–Trinajstić information content (AvgIpc) is 3.92. The van der Waals surface area contributed by atoms with Crippen LogP contribution in [0.15, 0.2) is 77.6 Å². The Morgan fingerprint density at radius 3 is 1.59 bits per heavy atom. The van der Waals surface area contributed by atoms with E-state index in [4.69, 9.17) is 4.74 Å². The lowest BCUT2D eigenvalue weighted by Crippen LogP contribution is -2.62. The van der Waals surface area contributed by atoms with Gasteiger partial charge in [0.25, 0.3) is 0 Å². The Bertz CT molecular complexity index is 2100. The maximum Gasteiger partial charge on any atom is 0.413 e. The van der Waals surface area contributed by atoms with E-state index in [0.717, 1.165) is 16.1 Å². The predicted molar refractivity (Wildman–Crippen MR) is 248 cm³/mol. The van der Waals surface area contributed by atoms with E-state index in [1.807, 2.05) is 66.0 Å². The summed E-state index contributed by atoms with van der Waals surface area (Å²) in [6, 6.07) is 12.9. The first kappa shape index (κ1) is 51.0. The van der Waals surface area contributed by atoms with Crippen molar-refractivity contribution in [3.8, 4) is 0 Å². The van der Waals surface area contributed by atoms with Crippen molar-refractivity contribution in [2.75, 3.05) is 19.4 Å². The van der Waals surface area contributed by atoms with Crippen molar-refractivity contribution in [1.82, 2.24) is 41.0 Å². The second-order valence-electron chi connectivity index (χ2n) is 17.3. The van der Waals surface area contributed by atoms with Crippen molar-refractivity contribution in [1.29, 1.82) is 0 Å². The van der Waals surface area contributed by atoms with Gasteiger partial charge in [0, 0.05) is 31.1 Å². The third kappa shape index (κ3) is 16.2. The molecule has 64 heavy (non-hydrogen) atoms. The SMILES string of the molecule is CC(C)[C@H](NC(=O)N(C)Cc1csc(NC(=O)OC(C)(C)C)n1)C(=O)N[C@@H](Cc1ccccc1)[C@H](O)[C@@H](O)[C@H](Cc1ccccc1)NC(=O)[C@@H](NC(=O)N(C)Cc1nccs1)C(C)C. The molecule has 4 rings (SSSR count). The minimum Gasteiger partial charge on any atom is -0.444 e. The molecule has 6 atom stereocenters. The number of hydrogen-bond acceptors (Lipinski definition) is 12. The van der Waals surface area contributed by atoms with Crippen LogP contribution in [0.2, 0.25) is 0 Å². The van der Waals surface area contributed by atoms with Gasteiger partial charge in [-0.2, -0.15) is 0 Å². The number of amides is 7. The number of urea groups is 2. The summed E-state index contributed by atoms with van der Waals surface area (Å²) in [5.41, 5.74) is 1.32. The fraction of sp³-hybridized carbons (Fsp3) is 0.489. The van der Waals surface area contributed by atoms with Crippen molar-refractivity contribution in [2.24, 2.45) is 11.8 Å². The summed E-state index contributed by atoms with van der Waals surface area (Å²) in [7, 11) is 3.15. The van der Waals surface area contributed by atoms with E-state index in [1.54, 1.807) is 74.1 Å². The molecule has 0 fully saturated rings. The Morgan fingerprint density at radius 1 is 0.703 bits per heavy atom. The molecule has 0 saturated carbocycles. The molecule has 0 aliphatic heterocycles. The van der Waals surface area contributed by atoms with Gasteiger partial charge in [-0.3, -0.25) is 14.9 Å². The van der Waals surface area contributed by atoms with E-state index in [0.29, 0.717) is 10.8 Å². The molecule has 2 heterocycles. The highest BCUT2D eigenvalue weighted by Crippen LogP contribution is 2.20. The van der Waals surface area contributed by atoms with Crippen LogP contribution in [-0.4, -0.2) is 116 Å². The zero-order chi connectivity index (χ0) is 47.1. The second-order valence-corrected chi connectivity index (χ2v) is 19.2. The molecule has 348 valence electrons. The molecule has 0 aliphatic carbocycles. The van der Waals surface area contributed by atoms with E-state index in [9.17, 15) is 34.2 Å². The number of anilines is 1. The van der Waals surface area contributed by atoms with Crippen molar-refractivity contribution in [2.45, 2.75) is 116 Å². The lowest BCUT2D eigenvalue weighted by atomic mass is 9.90. The first-order valence-corrected chi connectivity index (χ1v) is 22.9. The summed E-state index contributed by atoms with van der Waals surface area (Å²) in [4.78, 5) is 78.6. The number of hydrogen-bond donors (Lipinski definition) is 7. The molecule has 2 aromatic carbocycles. The summed E-state index contributed by atoms with van der Waals surface area (Å²) in [5.74, 6) is -1.94. The van der Waals surface area contributed by atoms with Gasteiger partial charge in [0.1, 0.15) is 34.9 Å². The zero-order valence-electron chi connectivity index (χ0n) is 37.9. The quantitative estimate of drug-likeness (QED) is 0.0617. The van der Waals surface area contributed by atoms with Gasteiger partial charge in [0.15, 0.2) is 5.13 Å². The number of ether oxygens (including phenoxy) is 1. The van der Waals surface area contributed by atoms with Gasteiger partial charge in [-0.15, -0.1) is 22.7 Å². The Hall–Kier alpha value is -5.63. The number of rotatable bonds is 20. The molecular weight excluding hydrogens is 859 g/mol. The van der Waals surface area contributed by atoms with Gasteiger partial charge >= 0.3 is 18.2 Å². The number of carbonyl (C=O) groups excluding carboxylic acids is 5. The molecule has 0 saturated heterocycles. The van der Waals surface area contributed by atoms with Crippen LogP contribution in [0.3, 0.4) is 0 Å². The van der Waals surface area contributed by atoms with Crippen LogP contribution in [0.1, 0.15) is 70.3 Å². The standard InChI is InChI=1S/C45H63N9O8S2/c1-27(2)35(50-42(59)53(8)24-31-26-64-41(47-31)52-44(61)62-45(5,6)7)39(57)48-32(22-29-16-12-10-13-17-29)37(55)38(56)33(23-30-18-14-11-15-19-30)49-40(58)36(28(3)4)51-43(60)54(9)25-34-46-20-21-63-34/h10-21,26-28,32-33,35-38,55-56H,22-25H2,1-9H3,(H,48,57)(H,49,58)(H,50,59)(H,51,60)(H,47,52,61)/t32-,33-,35-,36-,37-,38-/m0/s1. The minimum atomic E-state index is -1.63. The van der Waals surface area contributed by atoms with Crippen LogP contribution in [0.25, 0.3) is 0 Å². The number of thiazole rings is 2. The molecule has 0 spiro atoms. The molecule has 7 amide bonds. The zero-order valence-corrected chi connectivity index (χ0v) is 39.5. The topological polar surface area (TPSA) is 227 Å². The number of aliphatic hydroxyl groups excluding tert-OH is 2. The number of aliphatic hydroxyl groups is 2. The largest absolute Gasteiger partial charge is 0.444 e. The number of carbonyl (C=O) groups is 5. The lowest BCUT2D eigenvalue weighted by Gasteiger charge is -2.35. The molecule has 4 aromatic rings. The molecule has 0 bridgehead atoms. The Kier molecular flexibility index (Phi) is 19.0. The van der Waals surface area contributed by atoms with Crippen molar-refractivity contribution in [3.05, 3.63) is 99.4 Å². The summed E-state index contributed by atoms with van der Waals surface area (Å²) >= 11 is 2.58. The highest BCUT2D eigenvalue weighted by Gasteiger charge is 2.38. The maximum atomic E-state index is 14.2. The van der Waals surface area contributed by atoms with Crippen LogP contribution in [0.4, 0.5) is 19.5 Å². The molecule has 0 radical (unpaired) electrons. The van der Waals surface area contributed by atoms with Gasteiger partial charge < -0.3 is 46.0 Å². The van der Waals surface area contributed by atoms with Crippen LogP contribution >= 0.6 is 22.7 Å². The molecule has 19 heteroatoms. The maximum absolute atomic E-state index is 14.2. The number of nitrogens with zero attached hydrogens (tertiary/aromatic N) is 4. The Morgan fingerprint density at radius 2 is 1.17 bits per heavy atom. The first-order chi connectivity index (χ1) is 30.2. The number of benzene rings is 2. The highest BCUT2D eigenvalue weighted by molar-refractivity contribution is 7.13. The third-order valence-electron chi connectivity index (χ3n) is 9.99. The predicted octanol–water partition coefficient (Wildman–Crippen LogP) is 5.16. The van der Waals surface area contributed by atoms with E-state index in [-0.39, 0.29) is 31.8 Å². The van der Waals surface area contributed by atoms with E-state index < -0.39 is 77.9 Å². The van der Waals surface area contributed by atoms with Gasteiger partial charge in [0.2, 0.25) is 11.8 Å². The fourth-order valence-corrected chi connectivity index (χ4v) is 7.93. The van der Waals surface area contributed by atoms with Crippen LogP contribution in [-0.2, 0) is 40.3 Å². The smallest absolute Gasteiger partial charge is 0.413 e. The normalized spacial score (nSPS) is 14.3. The summed E-state index contributed by atoms with van der Waals surface area (Å²) < 4.78 is 5.29. The highest BCUT2D eigenvalue weighted by atomic mass is 32.1. The first-order valence-electron chi connectivity index (χ1n) is 21.1. The van der Waals surface area contributed by atoms with E-state index in [2.05, 4.69) is 36.6 Å². The minimum absolute atomic E-state index is 0.0610. The third-order valence-corrected chi connectivity index (χ3v) is 11.6. The fourth-order valence-electron chi connectivity index (χ4n) is 6.58. The summed E-state index contributed by atoms with van der Waals surface area (Å²) in [6.45, 7) is 12.7. The van der Waals surface area contributed by atoms with Gasteiger partial charge in [0.05, 0.1) is 30.9 Å². The number of aromatic nitrogens is 2. The molecule has 17 nitrogen and oxygen atoms in total. The lowest BCUT2D eigenvalue weighted by molar-refractivity contribution is -0.129. The van der Waals surface area contributed by atoms with Crippen molar-refractivity contribution < 1.29 is 38.9 Å². The van der Waals surface area contributed by atoms with Crippen LogP contribution in [0, 0.1) is 11.8 Å². The van der Waals surface area contributed by atoms with E-state index in [1.165, 1.54) is 32.5 Å². The monoisotopic (exact) mass is 921 g/mol. The van der Waals surface area contributed by atoms with Crippen molar-refractivity contribution in [3.63, 3.8) is 0 Å². The second kappa shape index (κ2) is 23.9. The van der Waals surface area contributed by atoms with Crippen molar-refractivity contribution >= 4 is 57.8 Å². The van der Waals surface area contributed by atoms with Gasteiger partial charge in [-0.25, -0.2) is 24.4 Å². The van der Waals surface area contributed by atoms with Crippen LogP contribution in [0.5, 0.6) is 0 Å². The van der Waals surface area contributed by atoms with Gasteiger partial charge in [-0.1, -0.05) is 88.4 Å². The molecule has 2 aromatic heterocycles. The average molecular weight is 922 g/mol. The van der Waals surface area contributed by atoms with Crippen LogP contribution < -0.4 is 26.6 Å². The Balaban J connectivity index is 1.52. The molecular formula is C45H63N9O8S2.